The summed E-state index contributed by atoms with van der Waals surface area (Å²) in [6, 6.07) is 18.4. The van der Waals surface area contributed by atoms with E-state index in [0.717, 1.165) is 15.4 Å². The minimum Gasteiger partial charge on any atom is -0.354 e. The summed E-state index contributed by atoms with van der Waals surface area (Å²) in [7, 11) is -4.13. The van der Waals surface area contributed by atoms with Crippen molar-refractivity contribution >= 4 is 39.1 Å². The van der Waals surface area contributed by atoms with Crippen molar-refractivity contribution in [3.05, 3.63) is 94.0 Å². The van der Waals surface area contributed by atoms with E-state index in [1.54, 1.807) is 48.5 Å². The molecule has 3 aromatic carbocycles. The van der Waals surface area contributed by atoms with Crippen molar-refractivity contribution in [1.82, 2.24) is 10.2 Å². The van der Waals surface area contributed by atoms with Crippen LogP contribution >= 0.6 is 11.6 Å². The number of hydrogen-bond acceptors (Lipinski definition) is 4. The van der Waals surface area contributed by atoms with E-state index >= 15 is 0 Å². The van der Waals surface area contributed by atoms with Crippen LogP contribution in [0, 0.1) is 26.7 Å². The molecule has 0 saturated heterocycles. The molecule has 1 N–H and O–H groups in total. The van der Waals surface area contributed by atoms with Crippen molar-refractivity contribution < 1.29 is 18.0 Å². The van der Waals surface area contributed by atoms with Gasteiger partial charge in [-0.05, 0) is 74.1 Å². The topological polar surface area (TPSA) is 86.8 Å². The molecule has 3 aromatic rings. The highest BCUT2D eigenvalue weighted by atomic mass is 35.5. The molecule has 2 amide bonds. The van der Waals surface area contributed by atoms with Crippen LogP contribution in [0.4, 0.5) is 5.69 Å². The lowest BCUT2D eigenvalue weighted by Gasteiger charge is -2.34. The summed E-state index contributed by atoms with van der Waals surface area (Å²) in [5, 5.41) is 3.39. The second kappa shape index (κ2) is 14.0. The molecule has 7 nitrogen and oxygen atoms in total. The van der Waals surface area contributed by atoms with E-state index in [9.17, 15) is 18.0 Å². The maximum absolute atomic E-state index is 14.2. The van der Waals surface area contributed by atoms with Crippen molar-refractivity contribution in [1.29, 1.82) is 0 Å². The zero-order valence-electron chi connectivity index (χ0n) is 24.6. The van der Waals surface area contributed by atoms with E-state index in [1.807, 2.05) is 59.7 Å². The van der Waals surface area contributed by atoms with E-state index in [1.165, 1.54) is 4.90 Å². The first kappa shape index (κ1) is 32.2. The summed E-state index contributed by atoms with van der Waals surface area (Å²) >= 11 is 6.46. The van der Waals surface area contributed by atoms with Gasteiger partial charge in [0, 0.05) is 18.1 Å². The van der Waals surface area contributed by atoms with E-state index in [-0.39, 0.29) is 23.3 Å². The molecule has 0 aliphatic heterocycles. The summed E-state index contributed by atoms with van der Waals surface area (Å²) in [6.07, 6.45) is 0.342. The highest BCUT2D eigenvalue weighted by Gasteiger charge is 2.34. The third-order valence-electron chi connectivity index (χ3n) is 6.89. The van der Waals surface area contributed by atoms with Crippen molar-refractivity contribution in [3.63, 3.8) is 0 Å². The molecule has 0 aliphatic carbocycles. The summed E-state index contributed by atoms with van der Waals surface area (Å²) in [5.74, 6) is -0.571. The lowest BCUT2D eigenvalue weighted by atomic mass is 10.1. The Hall–Kier alpha value is -3.36. The molecule has 0 fully saturated rings. The van der Waals surface area contributed by atoms with E-state index in [4.69, 9.17) is 11.6 Å². The normalized spacial score (nSPS) is 12.2. The fraction of sp³-hybridized carbons (Fsp3) is 0.375. The number of halogens is 1. The van der Waals surface area contributed by atoms with Gasteiger partial charge in [0.25, 0.3) is 10.0 Å². The van der Waals surface area contributed by atoms with E-state index in [2.05, 4.69) is 5.32 Å². The molecular weight excluding hydrogens is 558 g/mol. The molecule has 0 heterocycles. The van der Waals surface area contributed by atoms with Crippen LogP contribution in [0.5, 0.6) is 0 Å². The molecule has 1 atom stereocenters. The Kier molecular flexibility index (Phi) is 11.0. The zero-order valence-corrected chi connectivity index (χ0v) is 26.2. The first-order chi connectivity index (χ1) is 19.3. The van der Waals surface area contributed by atoms with Gasteiger partial charge in [0.05, 0.1) is 10.6 Å². The maximum atomic E-state index is 14.2. The average molecular weight is 598 g/mol. The van der Waals surface area contributed by atoms with Crippen LogP contribution in [-0.4, -0.2) is 44.3 Å². The Morgan fingerprint density at radius 2 is 1.56 bits per heavy atom. The van der Waals surface area contributed by atoms with Gasteiger partial charge in [0.1, 0.15) is 12.6 Å². The largest absolute Gasteiger partial charge is 0.354 e. The standard InChI is InChI=1S/C32H40ClN3O4S/c1-7-29(32(38)34-19-22(2)3)35(20-26-10-8-9-11-28(26)33)31(37)21-36(30-18-24(5)12-15-25(30)6)41(39,40)27-16-13-23(4)14-17-27/h8-18,22,29H,7,19-21H2,1-6H3,(H,34,38). The molecular formula is C32H40ClN3O4S. The van der Waals surface area contributed by atoms with Gasteiger partial charge >= 0.3 is 0 Å². The van der Waals surface area contributed by atoms with Crippen molar-refractivity contribution in [2.45, 2.75) is 65.4 Å². The van der Waals surface area contributed by atoms with Gasteiger partial charge in [-0.15, -0.1) is 0 Å². The third kappa shape index (κ3) is 8.11. The van der Waals surface area contributed by atoms with E-state index in [0.29, 0.717) is 34.8 Å². The molecule has 0 spiro atoms. The fourth-order valence-electron chi connectivity index (χ4n) is 4.49. The van der Waals surface area contributed by atoms with Crippen LogP contribution in [0.25, 0.3) is 0 Å². The molecule has 0 aliphatic rings. The summed E-state index contributed by atoms with van der Waals surface area (Å²) in [4.78, 5) is 29.1. The quantitative estimate of drug-likeness (QED) is 0.276. The molecule has 1 unspecified atom stereocenters. The Morgan fingerprint density at radius 3 is 2.17 bits per heavy atom. The number of amides is 2. The Balaban J connectivity index is 2.10. The molecule has 220 valence electrons. The molecule has 0 aromatic heterocycles. The number of rotatable bonds is 12. The van der Waals surface area contributed by atoms with Gasteiger partial charge in [-0.1, -0.05) is 80.4 Å². The zero-order chi connectivity index (χ0) is 30.3. The minimum absolute atomic E-state index is 0.0529. The van der Waals surface area contributed by atoms with Crippen LogP contribution < -0.4 is 9.62 Å². The van der Waals surface area contributed by atoms with Gasteiger partial charge in [0.15, 0.2) is 0 Å². The van der Waals surface area contributed by atoms with Crippen LogP contribution in [0.3, 0.4) is 0 Å². The number of nitrogens with zero attached hydrogens (tertiary/aromatic N) is 2. The summed E-state index contributed by atoms with van der Waals surface area (Å²) < 4.78 is 29.3. The lowest BCUT2D eigenvalue weighted by molar-refractivity contribution is -0.140. The van der Waals surface area contributed by atoms with Gasteiger partial charge in [0.2, 0.25) is 11.8 Å². The smallest absolute Gasteiger partial charge is 0.264 e. The maximum Gasteiger partial charge on any atom is 0.264 e. The number of carbonyl (C=O) groups excluding carboxylic acids is 2. The highest BCUT2D eigenvalue weighted by molar-refractivity contribution is 7.92. The number of sulfonamides is 1. The number of aryl methyl sites for hydroxylation is 3. The van der Waals surface area contributed by atoms with Gasteiger partial charge in [-0.2, -0.15) is 0 Å². The summed E-state index contributed by atoms with van der Waals surface area (Å²) in [5.41, 5.74) is 3.56. The molecule has 3 rings (SSSR count). The van der Waals surface area contributed by atoms with Crippen molar-refractivity contribution in [2.24, 2.45) is 5.92 Å². The third-order valence-corrected chi connectivity index (χ3v) is 9.03. The number of anilines is 1. The molecule has 0 saturated carbocycles. The Morgan fingerprint density at radius 1 is 0.927 bits per heavy atom. The number of hydrogen-bond donors (Lipinski definition) is 1. The van der Waals surface area contributed by atoms with Crippen LogP contribution in [-0.2, 0) is 26.2 Å². The highest BCUT2D eigenvalue weighted by Crippen LogP contribution is 2.29. The Labute approximate surface area is 249 Å². The molecule has 0 bridgehead atoms. The monoisotopic (exact) mass is 597 g/mol. The second-order valence-electron chi connectivity index (χ2n) is 10.8. The Bertz CT molecular complexity index is 1470. The van der Waals surface area contributed by atoms with Gasteiger partial charge in [-0.3, -0.25) is 13.9 Å². The predicted molar refractivity (Wildman–Crippen MR) is 166 cm³/mol. The van der Waals surface area contributed by atoms with Crippen LogP contribution in [0.15, 0.2) is 71.6 Å². The molecule has 0 radical (unpaired) electrons. The average Bonchev–Trinajstić information content (AvgIpc) is 2.93. The first-order valence-corrected chi connectivity index (χ1v) is 15.6. The van der Waals surface area contributed by atoms with E-state index < -0.39 is 28.5 Å². The molecule has 9 heteroatoms. The fourth-order valence-corrected chi connectivity index (χ4v) is 6.16. The van der Waals surface area contributed by atoms with Crippen LogP contribution in [0.2, 0.25) is 5.02 Å². The van der Waals surface area contributed by atoms with Gasteiger partial charge < -0.3 is 10.2 Å². The molecule has 41 heavy (non-hydrogen) atoms. The predicted octanol–water partition coefficient (Wildman–Crippen LogP) is 6.04. The summed E-state index contributed by atoms with van der Waals surface area (Å²) in [6.45, 7) is 11.4. The van der Waals surface area contributed by atoms with Gasteiger partial charge in [-0.25, -0.2) is 8.42 Å². The first-order valence-electron chi connectivity index (χ1n) is 13.8. The van der Waals surface area contributed by atoms with Crippen molar-refractivity contribution in [2.75, 3.05) is 17.4 Å². The second-order valence-corrected chi connectivity index (χ2v) is 13.1. The minimum atomic E-state index is -4.13. The van der Waals surface area contributed by atoms with Crippen LogP contribution in [0.1, 0.15) is 49.4 Å². The SMILES string of the molecule is CCC(C(=O)NCC(C)C)N(Cc1ccccc1Cl)C(=O)CN(c1cc(C)ccc1C)S(=O)(=O)c1ccc(C)cc1. The number of benzene rings is 3. The number of carbonyl (C=O) groups is 2. The van der Waals surface area contributed by atoms with Crippen molar-refractivity contribution in [3.8, 4) is 0 Å². The lowest BCUT2D eigenvalue weighted by Crippen LogP contribution is -2.52. The number of nitrogens with one attached hydrogen (secondary N) is 1.